The summed E-state index contributed by atoms with van der Waals surface area (Å²) in [4.78, 5) is 32.6. The van der Waals surface area contributed by atoms with Gasteiger partial charge in [-0.2, -0.15) is 0 Å². The molecule has 1 aromatic carbocycles. The number of carbonyl (C=O) groups is 2. The second kappa shape index (κ2) is 9.55. The molecule has 1 aromatic heterocycles. The molecule has 154 valence electrons. The topological polar surface area (TPSA) is 43.9 Å². The zero-order chi connectivity index (χ0) is 20.1. The van der Waals surface area contributed by atoms with Crippen LogP contribution in [-0.2, 0) is 11.2 Å². The van der Waals surface area contributed by atoms with Crippen molar-refractivity contribution in [2.45, 2.75) is 19.3 Å². The largest absolute Gasteiger partial charge is 0.340 e. The van der Waals surface area contributed by atoms with E-state index in [1.807, 2.05) is 27.3 Å². The quantitative estimate of drug-likeness (QED) is 0.760. The molecule has 2 aliphatic heterocycles. The van der Waals surface area contributed by atoms with Gasteiger partial charge in [-0.3, -0.25) is 14.5 Å². The van der Waals surface area contributed by atoms with E-state index in [4.69, 9.17) is 0 Å². The van der Waals surface area contributed by atoms with E-state index in [9.17, 15) is 9.59 Å². The van der Waals surface area contributed by atoms with Crippen molar-refractivity contribution in [2.24, 2.45) is 5.92 Å². The Hall–Kier alpha value is -2.18. The fourth-order valence-electron chi connectivity index (χ4n) is 4.27. The maximum absolute atomic E-state index is 13.0. The van der Waals surface area contributed by atoms with Crippen molar-refractivity contribution in [2.75, 3.05) is 45.8 Å². The Morgan fingerprint density at radius 3 is 2.24 bits per heavy atom. The van der Waals surface area contributed by atoms with Gasteiger partial charge in [0.1, 0.15) is 0 Å². The standard InChI is InChI=1S/C23H29N3O2S/c27-22(20-9-12-25(13-10-20)23(28)21-7-4-18-29-21)26-16-14-24(15-17-26)11-8-19-5-2-1-3-6-19/h1-7,18,20H,8-17H2. The first-order chi connectivity index (χ1) is 14.2. The average Bonchev–Trinajstić information content (AvgIpc) is 3.33. The second-order valence-corrected chi connectivity index (χ2v) is 8.89. The van der Waals surface area contributed by atoms with Crippen LogP contribution in [0.3, 0.4) is 0 Å². The van der Waals surface area contributed by atoms with Gasteiger partial charge >= 0.3 is 0 Å². The normalized spacial score (nSPS) is 18.8. The molecule has 0 N–H and O–H groups in total. The van der Waals surface area contributed by atoms with Crippen molar-refractivity contribution in [1.29, 1.82) is 0 Å². The fraction of sp³-hybridized carbons (Fsp3) is 0.478. The number of nitrogens with zero attached hydrogens (tertiary/aromatic N) is 3. The lowest BCUT2D eigenvalue weighted by atomic mass is 9.94. The summed E-state index contributed by atoms with van der Waals surface area (Å²) in [5, 5.41) is 1.93. The van der Waals surface area contributed by atoms with Crippen LogP contribution >= 0.6 is 11.3 Å². The van der Waals surface area contributed by atoms with E-state index in [-0.39, 0.29) is 17.7 Å². The lowest BCUT2D eigenvalue weighted by Crippen LogP contribution is -2.52. The molecule has 4 rings (SSSR count). The number of hydrogen-bond donors (Lipinski definition) is 0. The Labute approximate surface area is 176 Å². The van der Waals surface area contributed by atoms with Crippen LogP contribution in [0.25, 0.3) is 0 Å². The molecule has 3 heterocycles. The summed E-state index contributed by atoms with van der Waals surface area (Å²) in [6, 6.07) is 14.4. The molecule has 0 aliphatic carbocycles. The van der Waals surface area contributed by atoms with E-state index in [2.05, 4.69) is 35.2 Å². The first kappa shape index (κ1) is 20.1. The third kappa shape index (κ3) is 5.06. The average molecular weight is 412 g/mol. The Morgan fingerprint density at radius 2 is 1.59 bits per heavy atom. The van der Waals surface area contributed by atoms with Crippen LogP contribution in [0, 0.1) is 5.92 Å². The molecule has 0 atom stereocenters. The third-order valence-electron chi connectivity index (χ3n) is 6.11. The monoisotopic (exact) mass is 411 g/mol. The first-order valence-corrected chi connectivity index (χ1v) is 11.5. The highest BCUT2D eigenvalue weighted by molar-refractivity contribution is 7.12. The number of piperazine rings is 1. The molecule has 0 spiro atoms. The van der Waals surface area contributed by atoms with Gasteiger partial charge < -0.3 is 9.80 Å². The molecule has 2 saturated heterocycles. The Morgan fingerprint density at radius 1 is 0.862 bits per heavy atom. The Kier molecular flexibility index (Phi) is 6.62. The number of hydrogen-bond acceptors (Lipinski definition) is 4. The number of thiophene rings is 1. The number of rotatable bonds is 5. The van der Waals surface area contributed by atoms with Crippen LogP contribution in [0.2, 0.25) is 0 Å². The summed E-state index contributed by atoms with van der Waals surface area (Å²) < 4.78 is 0. The summed E-state index contributed by atoms with van der Waals surface area (Å²) >= 11 is 1.49. The van der Waals surface area contributed by atoms with E-state index in [1.165, 1.54) is 16.9 Å². The molecule has 0 saturated carbocycles. The van der Waals surface area contributed by atoms with Gasteiger partial charge in [0.25, 0.3) is 5.91 Å². The summed E-state index contributed by atoms with van der Waals surface area (Å²) in [7, 11) is 0. The van der Waals surface area contributed by atoms with Crippen LogP contribution in [-0.4, -0.2) is 72.3 Å². The highest BCUT2D eigenvalue weighted by atomic mass is 32.1. The van der Waals surface area contributed by atoms with Crippen molar-refractivity contribution < 1.29 is 9.59 Å². The lowest BCUT2D eigenvalue weighted by Gasteiger charge is -2.38. The number of likely N-dealkylation sites (tertiary alicyclic amines) is 1. The molecule has 2 amide bonds. The lowest BCUT2D eigenvalue weighted by molar-refractivity contribution is -0.138. The van der Waals surface area contributed by atoms with Crippen LogP contribution in [0.15, 0.2) is 47.8 Å². The van der Waals surface area contributed by atoms with Crippen LogP contribution in [0.4, 0.5) is 0 Å². The number of amides is 2. The van der Waals surface area contributed by atoms with Crippen molar-refractivity contribution in [3.05, 3.63) is 58.3 Å². The third-order valence-corrected chi connectivity index (χ3v) is 6.96. The van der Waals surface area contributed by atoms with E-state index >= 15 is 0 Å². The SMILES string of the molecule is O=C(c1cccs1)N1CCC(C(=O)N2CCN(CCc3ccccc3)CC2)CC1. The predicted octanol–water partition coefficient (Wildman–Crippen LogP) is 2.99. The number of carbonyl (C=O) groups excluding carboxylic acids is 2. The molecular formula is C23H29N3O2S. The van der Waals surface area contributed by atoms with Gasteiger partial charge in [-0.15, -0.1) is 11.3 Å². The van der Waals surface area contributed by atoms with Crippen LogP contribution < -0.4 is 0 Å². The summed E-state index contributed by atoms with van der Waals surface area (Å²) in [6.07, 6.45) is 2.62. The molecular weight excluding hydrogens is 382 g/mol. The molecule has 29 heavy (non-hydrogen) atoms. The Bertz CT molecular complexity index is 793. The molecule has 0 unspecified atom stereocenters. The maximum atomic E-state index is 13.0. The summed E-state index contributed by atoms with van der Waals surface area (Å²) in [6.45, 7) is 5.97. The van der Waals surface area contributed by atoms with Gasteiger partial charge in [0.15, 0.2) is 0 Å². The first-order valence-electron chi connectivity index (χ1n) is 10.6. The molecule has 2 aliphatic rings. The van der Waals surface area contributed by atoms with E-state index in [0.717, 1.165) is 56.9 Å². The zero-order valence-electron chi connectivity index (χ0n) is 16.8. The summed E-state index contributed by atoms with van der Waals surface area (Å²) in [5.41, 5.74) is 1.37. The second-order valence-electron chi connectivity index (χ2n) is 7.95. The maximum Gasteiger partial charge on any atom is 0.263 e. The molecule has 2 aromatic rings. The minimum atomic E-state index is 0.0678. The summed E-state index contributed by atoms with van der Waals surface area (Å²) in [5.74, 6) is 0.465. The van der Waals surface area contributed by atoms with Crippen molar-refractivity contribution in [3.63, 3.8) is 0 Å². The Balaban J connectivity index is 1.20. The van der Waals surface area contributed by atoms with Gasteiger partial charge in [-0.05, 0) is 36.3 Å². The molecule has 6 heteroatoms. The molecule has 5 nitrogen and oxygen atoms in total. The molecule has 2 fully saturated rings. The van der Waals surface area contributed by atoms with Crippen LogP contribution in [0.5, 0.6) is 0 Å². The van der Waals surface area contributed by atoms with E-state index in [0.29, 0.717) is 13.1 Å². The number of benzene rings is 1. The van der Waals surface area contributed by atoms with Crippen LogP contribution in [0.1, 0.15) is 28.1 Å². The minimum absolute atomic E-state index is 0.0678. The molecule has 0 radical (unpaired) electrons. The van der Waals surface area contributed by atoms with Gasteiger partial charge in [0.05, 0.1) is 4.88 Å². The number of piperidine rings is 1. The highest BCUT2D eigenvalue weighted by Crippen LogP contribution is 2.23. The van der Waals surface area contributed by atoms with Crippen molar-refractivity contribution >= 4 is 23.2 Å². The highest BCUT2D eigenvalue weighted by Gasteiger charge is 2.32. The zero-order valence-corrected chi connectivity index (χ0v) is 17.7. The minimum Gasteiger partial charge on any atom is -0.340 e. The fourth-order valence-corrected chi connectivity index (χ4v) is 4.96. The van der Waals surface area contributed by atoms with E-state index in [1.54, 1.807) is 0 Å². The van der Waals surface area contributed by atoms with Gasteiger partial charge in [0, 0.05) is 51.7 Å². The smallest absolute Gasteiger partial charge is 0.263 e. The predicted molar refractivity (Wildman–Crippen MR) is 116 cm³/mol. The van der Waals surface area contributed by atoms with Gasteiger partial charge in [-0.1, -0.05) is 36.4 Å². The van der Waals surface area contributed by atoms with Gasteiger partial charge in [0.2, 0.25) is 5.91 Å². The molecule has 0 bridgehead atoms. The van der Waals surface area contributed by atoms with Gasteiger partial charge in [-0.25, -0.2) is 0 Å². The van der Waals surface area contributed by atoms with Crippen molar-refractivity contribution in [3.8, 4) is 0 Å². The van der Waals surface area contributed by atoms with Crippen molar-refractivity contribution in [1.82, 2.24) is 14.7 Å². The van der Waals surface area contributed by atoms with E-state index < -0.39 is 0 Å².